The number of hydrogen-bond donors (Lipinski definition) is 1. The third kappa shape index (κ3) is 1.90. The molecule has 17 heavy (non-hydrogen) atoms. The molecule has 2 aliphatic rings. The molecule has 3 unspecified atom stereocenters. The van der Waals surface area contributed by atoms with E-state index in [4.69, 9.17) is 0 Å². The highest BCUT2D eigenvalue weighted by molar-refractivity contribution is 5.45. The number of anilines is 1. The van der Waals surface area contributed by atoms with Gasteiger partial charge in [-0.3, -0.25) is 0 Å². The van der Waals surface area contributed by atoms with Crippen LogP contribution in [0, 0.1) is 29.3 Å². The van der Waals surface area contributed by atoms with Crippen molar-refractivity contribution in [1.29, 1.82) is 0 Å². The minimum Gasteiger partial charge on any atom is -0.382 e. The molecule has 0 spiro atoms. The average molecular weight is 241 g/mol. The van der Waals surface area contributed by atoms with Gasteiger partial charge in [-0.15, -0.1) is 0 Å². The lowest BCUT2D eigenvalue weighted by atomic mass is 9.95. The Bertz CT molecular complexity index is 423. The molecule has 0 aliphatic heterocycles. The van der Waals surface area contributed by atoms with E-state index in [1.165, 1.54) is 19.3 Å². The van der Waals surface area contributed by atoms with Crippen molar-refractivity contribution < 1.29 is 13.2 Å². The quantitative estimate of drug-likeness (QED) is 0.778. The highest BCUT2D eigenvalue weighted by Gasteiger charge is 2.39. The van der Waals surface area contributed by atoms with Crippen LogP contribution in [0.2, 0.25) is 0 Å². The van der Waals surface area contributed by atoms with Gasteiger partial charge in [-0.2, -0.15) is 0 Å². The Morgan fingerprint density at radius 1 is 1.00 bits per heavy atom. The Hall–Kier alpha value is -1.19. The normalized spacial score (nSPS) is 30.9. The Kier molecular flexibility index (Phi) is 2.53. The predicted octanol–water partition coefficient (Wildman–Crippen LogP) is 3.70. The topological polar surface area (TPSA) is 12.0 Å². The van der Waals surface area contributed by atoms with Gasteiger partial charge in [0.2, 0.25) is 0 Å². The van der Waals surface area contributed by atoms with Crippen LogP contribution >= 0.6 is 0 Å². The van der Waals surface area contributed by atoms with E-state index in [9.17, 15) is 13.2 Å². The molecule has 0 saturated heterocycles. The predicted molar refractivity (Wildman–Crippen MR) is 59.2 cm³/mol. The molecule has 1 aromatic rings. The number of hydrogen-bond acceptors (Lipinski definition) is 1. The number of nitrogens with one attached hydrogen (secondary N) is 1. The summed E-state index contributed by atoms with van der Waals surface area (Å²) in [5.74, 6) is -2.29. The van der Waals surface area contributed by atoms with Crippen molar-refractivity contribution in [2.24, 2.45) is 11.8 Å². The summed E-state index contributed by atoms with van der Waals surface area (Å²) in [6.07, 6.45) is 4.73. The largest absolute Gasteiger partial charge is 0.382 e. The zero-order chi connectivity index (χ0) is 12.0. The molecule has 2 saturated carbocycles. The van der Waals surface area contributed by atoms with Crippen LogP contribution in [0.5, 0.6) is 0 Å². The van der Waals surface area contributed by atoms with Crippen molar-refractivity contribution in [2.75, 3.05) is 5.32 Å². The van der Waals surface area contributed by atoms with Crippen LogP contribution in [0.15, 0.2) is 12.1 Å². The smallest absolute Gasteiger partial charge is 0.194 e. The zero-order valence-corrected chi connectivity index (χ0v) is 9.35. The lowest BCUT2D eigenvalue weighted by molar-refractivity contribution is 0.434. The summed E-state index contributed by atoms with van der Waals surface area (Å²) in [6, 6.07) is 2.35. The molecule has 3 atom stereocenters. The Balaban J connectivity index is 1.77. The first-order valence-corrected chi connectivity index (χ1v) is 6.04. The van der Waals surface area contributed by atoms with Crippen molar-refractivity contribution in [2.45, 2.75) is 31.7 Å². The second-order valence-corrected chi connectivity index (χ2v) is 5.18. The fraction of sp³-hybridized carbons (Fsp3) is 0.538. The van der Waals surface area contributed by atoms with E-state index < -0.39 is 17.5 Å². The molecule has 1 nitrogen and oxygen atoms in total. The minimum atomic E-state index is -1.40. The van der Waals surface area contributed by atoms with Crippen LogP contribution in [0.3, 0.4) is 0 Å². The van der Waals surface area contributed by atoms with Crippen LogP contribution in [-0.4, -0.2) is 6.04 Å². The van der Waals surface area contributed by atoms with Crippen molar-refractivity contribution in [3.8, 4) is 0 Å². The maximum atomic E-state index is 13.0. The highest BCUT2D eigenvalue weighted by atomic mass is 19.2. The lowest BCUT2D eigenvalue weighted by Gasteiger charge is -2.24. The second-order valence-electron chi connectivity index (χ2n) is 5.18. The summed E-state index contributed by atoms with van der Waals surface area (Å²) in [7, 11) is 0. The Labute approximate surface area is 98.0 Å². The first-order chi connectivity index (χ1) is 8.13. The molecule has 2 aliphatic carbocycles. The van der Waals surface area contributed by atoms with Crippen LogP contribution in [0.4, 0.5) is 18.9 Å². The third-order valence-electron chi connectivity index (χ3n) is 4.07. The van der Waals surface area contributed by atoms with E-state index in [-0.39, 0.29) is 6.04 Å². The molecule has 0 aromatic heterocycles. The summed E-state index contributed by atoms with van der Waals surface area (Å²) in [5, 5.41) is 3.13. The zero-order valence-electron chi connectivity index (χ0n) is 9.35. The van der Waals surface area contributed by atoms with E-state index in [0.29, 0.717) is 11.6 Å². The number of benzene rings is 1. The molecular formula is C13H14F3N. The van der Waals surface area contributed by atoms with E-state index >= 15 is 0 Å². The highest BCUT2D eigenvalue weighted by Crippen LogP contribution is 2.45. The molecule has 92 valence electrons. The van der Waals surface area contributed by atoms with Crippen molar-refractivity contribution in [3.63, 3.8) is 0 Å². The molecule has 2 bridgehead atoms. The van der Waals surface area contributed by atoms with Gasteiger partial charge in [0.25, 0.3) is 0 Å². The van der Waals surface area contributed by atoms with Crippen LogP contribution in [0.25, 0.3) is 0 Å². The monoisotopic (exact) mass is 241 g/mol. The van der Waals surface area contributed by atoms with Gasteiger partial charge in [0, 0.05) is 23.9 Å². The van der Waals surface area contributed by atoms with Gasteiger partial charge < -0.3 is 5.32 Å². The van der Waals surface area contributed by atoms with Crippen molar-refractivity contribution in [3.05, 3.63) is 29.6 Å². The first-order valence-electron chi connectivity index (χ1n) is 6.04. The molecule has 0 heterocycles. The molecule has 3 rings (SSSR count). The van der Waals surface area contributed by atoms with Gasteiger partial charge in [0.1, 0.15) is 0 Å². The van der Waals surface area contributed by atoms with Gasteiger partial charge in [-0.05, 0) is 31.1 Å². The van der Waals surface area contributed by atoms with Gasteiger partial charge in [0.05, 0.1) is 0 Å². The van der Waals surface area contributed by atoms with Gasteiger partial charge in [-0.1, -0.05) is 6.42 Å². The van der Waals surface area contributed by atoms with Crippen LogP contribution in [-0.2, 0) is 0 Å². The van der Waals surface area contributed by atoms with E-state index in [1.54, 1.807) is 0 Å². The first kappa shape index (κ1) is 10.9. The van der Waals surface area contributed by atoms with E-state index in [1.807, 2.05) is 0 Å². The SMILES string of the molecule is Fc1cc(NC2CC3CCC2C3)cc(F)c1F. The van der Waals surface area contributed by atoms with Gasteiger partial charge in [0.15, 0.2) is 17.5 Å². The van der Waals surface area contributed by atoms with Gasteiger partial charge in [-0.25, -0.2) is 13.2 Å². The van der Waals surface area contributed by atoms with Crippen LogP contribution in [0.1, 0.15) is 25.7 Å². The van der Waals surface area contributed by atoms with E-state index in [0.717, 1.165) is 24.5 Å². The maximum absolute atomic E-state index is 13.0. The summed E-state index contributed by atoms with van der Waals surface area (Å²) < 4.78 is 38.9. The number of halogens is 3. The molecule has 1 aromatic carbocycles. The average Bonchev–Trinajstić information content (AvgIpc) is 2.87. The minimum absolute atomic E-state index is 0.290. The fourth-order valence-corrected chi connectivity index (χ4v) is 3.27. The number of rotatable bonds is 2. The molecule has 0 amide bonds. The fourth-order valence-electron chi connectivity index (χ4n) is 3.27. The standard InChI is InChI=1S/C13H14F3N/c14-10-5-9(6-11(15)13(10)16)17-12-4-7-1-2-8(12)3-7/h5-8,12,17H,1-4H2. The summed E-state index contributed by atoms with van der Waals surface area (Å²) in [4.78, 5) is 0. The summed E-state index contributed by atoms with van der Waals surface area (Å²) in [6.45, 7) is 0. The molecule has 2 fully saturated rings. The van der Waals surface area contributed by atoms with Gasteiger partial charge >= 0.3 is 0 Å². The van der Waals surface area contributed by atoms with Crippen molar-refractivity contribution >= 4 is 5.69 Å². The summed E-state index contributed by atoms with van der Waals surface area (Å²) in [5.41, 5.74) is 0.346. The molecular weight excluding hydrogens is 227 g/mol. The number of fused-ring (bicyclic) bond motifs is 2. The second kappa shape index (κ2) is 3.93. The van der Waals surface area contributed by atoms with E-state index in [2.05, 4.69) is 5.32 Å². The Morgan fingerprint density at radius 2 is 1.71 bits per heavy atom. The Morgan fingerprint density at radius 3 is 2.24 bits per heavy atom. The third-order valence-corrected chi connectivity index (χ3v) is 4.07. The van der Waals surface area contributed by atoms with Crippen LogP contribution < -0.4 is 5.32 Å². The molecule has 1 N–H and O–H groups in total. The molecule has 4 heteroatoms. The molecule has 0 radical (unpaired) electrons. The van der Waals surface area contributed by atoms with Crippen molar-refractivity contribution in [1.82, 2.24) is 0 Å². The maximum Gasteiger partial charge on any atom is 0.194 e. The lowest BCUT2D eigenvalue weighted by Crippen LogP contribution is -2.26. The summed E-state index contributed by atoms with van der Waals surface area (Å²) >= 11 is 0.